The van der Waals surface area contributed by atoms with E-state index in [-0.39, 0.29) is 0 Å². The van der Waals surface area contributed by atoms with Gasteiger partial charge in [-0.3, -0.25) is 0 Å². The van der Waals surface area contributed by atoms with E-state index in [2.05, 4.69) is 23.9 Å². The van der Waals surface area contributed by atoms with Crippen molar-refractivity contribution in [3.63, 3.8) is 0 Å². The van der Waals surface area contributed by atoms with E-state index in [4.69, 9.17) is 0 Å². The second-order valence-electron chi connectivity index (χ2n) is 5.77. The van der Waals surface area contributed by atoms with Crippen LogP contribution in [0.4, 0.5) is 0 Å². The molecule has 1 aliphatic carbocycles. The summed E-state index contributed by atoms with van der Waals surface area (Å²) in [7, 11) is -3.33. The van der Waals surface area contributed by atoms with Gasteiger partial charge in [0.2, 0.25) is 10.0 Å². The quantitative estimate of drug-likeness (QED) is 0.775. The number of sulfonamides is 1. The molecule has 6 heteroatoms. The summed E-state index contributed by atoms with van der Waals surface area (Å²) in [6, 6.07) is 2.17. The highest BCUT2D eigenvalue weighted by Gasteiger charge is 2.20. The zero-order valence-electron chi connectivity index (χ0n) is 12.2. The van der Waals surface area contributed by atoms with Crippen molar-refractivity contribution in [1.82, 2.24) is 10.0 Å². The molecule has 20 heavy (non-hydrogen) atoms. The zero-order valence-corrected chi connectivity index (χ0v) is 13.8. The van der Waals surface area contributed by atoms with Crippen LogP contribution >= 0.6 is 11.3 Å². The molecule has 2 N–H and O–H groups in total. The Bertz CT molecular complexity index is 519. The van der Waals surface area contributed by atoms with E-state index in [9.17, 15) is 8.42 Å². The Morgan fingerprint density at radius 2 is 2.15 bits per heavy atom. The van der Waals surface area contributed by atoms with E-state index in [0.29, 0.717) is 17.5 Å². The molecule has 0 radical (unpaired) electrons. The van der Waals surface area contributed by atoms with E-state index in [1.165, 1.54) is 30.6 Å². The molecule has 1 aliphatic rings. The summed E-state index contributed by atoms with van der Waals surface area (Å²) in [6.07, 6.45) is 4.77. The molecule has 2 rings (SSSR count). The lowest BCUT2D eigenvalue weighted by Crippen LogP contribution is -2.27. The summed E-state index contributed by atoms with van der Waals surface area (Å²) in [5.41, 5.74) is 0. The lowest BCUT2D eigenvalue weighted by atomic mass is 9.83. The van der Waals surface area contributed by atoms with Gasteiger partial charge in [-0.05, 0) is 18.4 Å². The lowest BCUT2D eigenvalue weighted by molar-refractivity contribution is 0.297. The number of hydrogen-bond donors (Lipinski definition) is 2. The smallest absolute Gasteiger partial charge is 0.241 e. The minimum atomic E-state index is -3.33. The van der Waals surface area contributed by atoms with Crippen molar-refractivity contribution in [3.05, 3.63) is 16.3 Å². The van der Waals surface area contributed by atoms with Crippen LogP contribution in [-0.2, 0) is 16.6 Å². The topological polar surface area (TPSA) is 58.2 Å². The molecule has 0 saturated heterocycles. The number of nitrogens with one attached hydrogen (secondary N) is 2. The Hall–Kier alpha value is -0.430. The van der Waals surface area contributed by atoms with Gasteiger partial charge in [-0.1, -0.05) is 33.1 Å². The fraction of sp³-hybridized carbons (Fsp3) is 0.714. The zero-order chi connectivity index (χ0) is 14.6. The van der Waals surface area contributed by atoms with Gasteiger partial charge >= 0.3 is 0 Å². The van der Waals surface area contributed by atoms with Crippen molar-refractivity contribution in [2.75, 3.05) is 6.54 Å². The average Bonchev–Trinajstić information content (AvgIpc) is 2.79. The van der Waals surface area contributed by atoms with Gasteiger partial charge in [-0.25, -0.2) is 13.1 Å². The molecule has 1 aromatic rings. The second kappa shape index (κ2) is 7.02. The van der Waals surface area contributed by atoms with Crippen LogP contribution in [0.15, 0.2) is 16.3 Å². The molecule has 0 bridgehead atoms. The first-order chi connectivity index (χ1) is 9.47. The summed E-state index contributed by atoms with van der Waals surface area (Å²) in [6.45, 7) is 5.43. The van der Waals surface area contributed by atoms with E-state index in [1.54, 1.807) is 11.4 Å². The highest BCUT2D eigenvalue weighted by Crippen LogP contribution is 2.29. The number of rotatable bonds is 8. The van der Waals surface area contributed by atoms with Gasteiger partial charge < -0.3 is 5.32 Å². The van der Waals surface area contributed by atoms with Gasteiger partial charge in [-0.15, -0.1) is 11.3 Å². The summed E-state index contributed by atoms with van der Waals surface area (Å²) in [4.78, 5) is 1.45. The molecular formula is C14H24N2O2S2. The minimum absolute atomic E-state index is 0.400. The number of thiophene rings is 1. The highest BCUT2D eigenvalue weighted by molar-refractivity contribution is 7.89. The van der Waals surface area contributed by atoms with Gasteiger partial charge in [0.25, 0.3) is 0 Å². The Labute approximate surface area is 126 Å². The Kier molecular flexibility index (Phi) is 5.60. The average molecular weight is 316 g/mol. The molecule has 1 saturated carbocycles. The maximum absolute atomic E-state index is 12.1. The van der Waals surface area contributed by atoms with E-state index < -0.39 is 10.0 Å². The molecule has 4 nitrogen and oxygen atoms in total. The van der Waals surface area contributed by atoms with Gasteiger partial charge in [-0.2, -0.15) is 0 Å². The fourth-order valence-electron chi connectivity index (χ4n) is 2.16. The predicted molar refractivity (Wildman–Crippen MR) is 83.4 cm³/mol. The third-order valence-corrected chi connectivity index (χ3v) is 6.22. The van der Waals surface area contributed by atoms with Gasteiger partial charge in [0.1, 0.15) is 0 Å². The van der Waals surface area contributed by atoms with E-state index in [1.807, 2.05) is 0 Å². The molecule has 1 aromatic heterocycles. The predicted octanol–water partition coefficient (Wildman–Crippen LogP) is 2.71. The van der Waals surface area contributed by atoms with Crippen molar-refractivity contribution in [2.24, 2.45) is 5.92 Å². The van der Waals surface area contributed by atoms with Crippen molar-refractivity contribution < 1.29 is 8.42 Å². The van der Waals surface area contributed by atoms with Crippen LogP contribution in [0.2, 0.25) is 0 Å². The fourth-order valence-corrected chi connectivity index (χ4v) is 4.43. The molecule has 114 valence electrons. The van der Waals surface area contributed by atoms with Crippen LogP contribution in [0, 0.1) is 5.92 Å². The monoisotopic (exact) mass is 316 g/mol. The SMILES string of the molecule is CC(C)NCc1cc(S(=O)(=O)NCCC2CCC2)cs1. The molecule has 0 unspecified atom stereocenters. The van der Waals surface area contributed by atoms with Gasteiger partial charge in [0.05, 0.1) is 4.90 Å². The molecule has 1 heterocycles. The summed E-state index contributed by atoms with van der Waals surface area (Å²) < 4.78 is 27.0. The Balaban J connectivity index is 1.84. The Morgan fingerprint density at radius 3 is 2.75 bits per heavy atom. The standard InChI is InChI=1S/C14H24N2O2S2/c1-11(2)15-9-13-8-14(10-19-13)20(17,18)16-7-6-12-4-3-5-12/h8,10-12,15-16H,3-7,9H2,1-2H3. The van der Waals surface area contributed by atoms with Crippen molar-refractivity contribution >= 4 is 21.4 Å². The second-order valence-corrected chi connectivity index (χ2v) is 8.53. The molecule has 1 fully saturated rings. The van der Waals surface area contributed by atoms with Crippen LogP contribution in [0.3, 0.4) is 0 Å². The van der Waals surface area contributed by atoms with Crippen LogP contribution in [-0.4, -0.2) is 21.0 Å². The van der Waals surface area contributed by atoms with Crippen LogP contribution in [0.1, 0.15) is 44.4 Å². The molecule has 0 aliphatic heterocycles. The molecule has 0 aromatic carbocycles. The molecule has 0 spiro atoms. The maximum atomic E-state index is 12.1. The van der Waals surface area contributed by atoms with Gasteiger partial charge in [0.15, 0.2) is 0 Å². The van der Waals surface area contributed by atoms with Crippen molar-refractivity contribution in [1.29, 1.82) is 0 Å². The van der Waals surface area contributed by atoms with Crippen LogP contribution in [0.5, 0.6) is 0 Å². The van der Waals surface area contributed by atoms with Crippen molar-refractivity contribution in [2.45, 2.75) is 57.0 Å². The maximum Gasteiger partial charge on any atom is 0.241 e. The molecule has 0 amide bonds. The number of hydrogen-bond acceptors (Lipinski definition) is 4. The van der Waals surface area contributed by atoms with Crippen molar-refractivity contribution in [3.8, 4) is 0 Å². The first-order valence-corrected chi connectivity index (χ1v) is 9.64. The van der Waals surface area contributed by atoms with Crippen LogP contribution < -0.4 is 10.0 Å². The first-order valence-electron chi connectivity index (χ1n) is 7.28. The summed E-state index contributed by atoms with van der Waals surface area (Å²) >= 11 is 1.49. The van der Waals surface area contributed by atoms with Gasteiger partial charge in [0, 0.05) is 29.4 Å². The highest BCUT2D eigenvalue weighted by atomic mass is 32.2. The Morgan fingerprint density at radius 1 is 1.40 bits per heavy atom. The summed E-state index contributed by atoms with van der Waals surface area (Å²) in [5, 5.41) is 5.02. The summed E-state index contributed by atoms with van der Waals surface area (Å²) in [5.74, 6) is 0.728. The molecular weight excluding hydrogens is 292 g/mol. The normalized spacial score (nSPS) is 16.6. The van der Waals surface area contributed by atoms with E-state index in [0.717, 1.165) is 23.8 Å². The third-order valence-electron chi connectivity index (χ3n) is 3.69. The third kappa shape index (κ3) is 4.55. The lowest BCUT2D eigenvalue weighted by Gasteiger charge is -2.24. The van der Waals surface area contributed by atoms with Crippen LogP contribution in [0.25, 0.3) is 0 Å². The van der Waals surface area contributed by atoms with E-state index >= 15 is 0 Å². The largest absolute Gasteiger partial charge is 0.310 e. The molecule has 0 atom stereocenters. The minimum Gasteiger partial charge on any atom is -0.310 e. The first kappa shape index (κ1) is 15.9.